The lowest BCUT2D eigenvalue weighted by Crippen LogP contribution is -2.42. The number of thiol groups is 1. The molecule has 1 unspecified atom stereocenters. The zero-order valence-corrected chi connectivity index (χ0v) is 11.7. The van der Waals surface area contributed by atoms with Crippen LogP contribution in [-0.4, -0.2) is 42.0 Å². The standard InChI is InChI=1S/C13H27NOS/c1-12(9-15)14(2)10-13(11-16)7-5-3-4-6-8-13/h12,15-16H,3-11H2,1-2H3. The predicted octanol–water partition coefficient (Wildman–Crippen LogP) is 2.57. The summed E-state index contributed by atoms with van der Waals surface area (Å²) in [6, 6.07) is 0.264. The largest absolute Gasteiger partial charge is 0.395 e. The molecule has 0 spiro atoms. The molecule has 96 valence electrons. The molecular weight excluding hydrogens is 218 g/mol. The molecule has 16 heavy (non-hydrogen) atoms. The van der Waals surface area contributed by atoms with Crippen LogP contribution in [0.5, 0.6) is 0 Å². The summed E-state index contributed by atoms with van der Waals surface area (Å²) in [5.74, 6) is 0.982. The van der Waals surface area contributed by atoms with Gasteiger partial charge in [0.05, 0.1) is 6.61 Å². The Bertz CT molecular complexity index is 190. The molecule has 1 aliphatic rings. The number of nitrogens with zero attached hydrogens (tertiary/aromatic N) is 1. The van der Waals surface area contributed by atoms with E-state index in [9.17, 15) is 5.11 Å². The predicted molar refractivity (Wildman–Crippen MR) is 73.2 cm³/mol. The normalized spacial score (nSPS) is 23.1. The number of rotatable bonds is 5. The zero-order valence-electron chi connectivity index (χ0n) is 10.8. The summed E-state index contributed by atoms with van der Waals surface area (Å²) in [5.41, 5.74) is 0.387. The summed E-state index contributed by atoms with van der Waals surface area (Å²) >= 11 is 4.58. The molecule has 0 aromatic carbocycles. The monoisotopic (exact) mass is 245 g/mol. The second-order valence-electron chi connectivity index (χ2n) is 5.52. The Morgan fingerprint density at radius 3 is 2.25 bits per heavy atom. The van der Waals surface area contributed by atoms with E-state index in [1.165, 1.54) is 38.5 Å². The maximum atomic E-state index is 9.19. The fourth-order valence-electron chi connectivity index (χ4n) is 2.67. The number of likely N-dealkylation sites (N-methyl/N-ethyl adjacent to an activating group) is 1. The topological polar surface area (TPSA) is 23.5 Å². The van der Waals surface area contributed by atoms with E-state index in [-0.39, 0.29) is 12.6 Å². The van der Waals surface area contributed by atoms with Crippen LogP contribution in [0.25, 0.3) is 0 Å². The van der Waals surface area contributed by atoms with Crippen molar-refractivity contribution < 1.29 is 5.11 Å². The highest BCUT2D eigenvalue weighted by molar-refractivity contribution is 7.80. The van der Waals surface area contributed by atoms with E-state index >= 15 is 0 Å². The van der Waals surface area contributed by atoms with Gasteiger partial charge in [0.2, 0.25) is 0 Å². The Kier molecular flexibility index (Phi) is 6.16. The van der Waals surface area contributed by atoms with Crippen LogP contribution < -0.4 is 0 Å². The van der Waals surface area contributed by atoms with Gasteiger partial charge in [-0.15, -0.1) is 0 Å². The molecule has 0 saturated heterocycles. The average Bonchev–Trinajstić information content (AvgIpc) is 2.54. The SMILES string of the molecule is CC(CO)N(C)CC1(CS)CCCCCC1. The summed E-state index contributed by atoms with van der Waals surface area (Å²) in [6.45, 7) is 3.42. The molecule has 1 atom stereocenters. The fourth-order valence-corrected chi connectivity index (χ4v) is 3.09. The molecule has 3 heteroatoms. The first-order valence-corrected chi connectivity index (χ1v) is 7.19. The van der Waals surface area contributed by atoms with Crippen molar-refractivity contribution >= 4 is 12.6 Å². The van der Waals surface area contributed by atoms with Gasteiger partial charge in [0.15, 0.2) is 0 Å². The third-order valence-electron chi connectivity index (χ3n) is 4.10. The van der Waals surface area contributed by atoms with Crippen LogP contribution in [0.15, 0.2) is 0 Å². The van der Waals surface area contributed by atoms with Crippen molar-refractivity contribution in [1.82, 2.24) is 4.90 Å². The lowest BCUT2D eigenvalue weighted by atomic mass is 9.81. The Labute approximate surface area is 106 Å². The van der Waals surface area contributed by atoms with Crippen LogP contribution in [-0.2, 0) is 0 Å². The number of hydrogen-bond donors (Lipinski definition) is 2. The summed E-state index contributed by atoms with van der Waals surface area (Å²) < 4.78 is 0. The van der Waals surface area contributed by atoms with Crippen molar-refractivity contribution in [3.05, 3.63) is 0 Å². The van der Waals surface area contributed by atoms with Crippen molar-refractivity contribution in [2.45, 2.75) is 51.5 Å². The van der Waals surface area contributed by atoms with Gasteiger partial charge in [0.25, 0.3) is 0 Å². The van der Waals surface area contributed by atoms with Crippen LogP contribution >= 0.6 is 12.6 Å². The maximum Gasteiger partial charge on any atom is 0.0584 e. The Balaban J connectivity index is 2.57. The van der Waals surface area contributed by atoms with Gasteiger partial charge in [-0.05, 0) is 38.0 Å². The summed E-state index contributed by atoms with van der Waals surface area (Å²) in [4.78, 5) is 2.29. The van der Waals surface area contributed by atoms with Gasteiger partial charge in [-0.2, -0.15) is 12.6 Å². The Hall–Kier alpha value is 0.270. The van der Waals surface area contributed by atoms with Crippen molar-refractivity contribution in [1.29, 1.82) is 0 Å². The molecule has 0 aromatic rings. The van der Waals surface area contributed by atoms with Crippen LogP contribution in [0.4, 0.5) is 0 Å². The van der Waals surface area contributed by atoms with Gasteiger partial charge in [-0.1, -0.05) is 25.7 Å². The first-order valence-electron chi connectivity index (χ1n) is 6.55. The molecular formula is C13H27NOS. The van der Waals surface area contributed by atoms with Gasteiger partial charge in [-0.3, -0.25) is 0 Å². The molecule has 1 rings (SSSR count). The third-order valence-corrected chi connectivity index (χ3v) is 4.77. The Morgan fingerprint density at radius 2 is 1.81 bits per heavy atom. The quantitative estimate of drug-likeness (QED) is 0.574. The smallest absolute Gasteiger partial charge is 0.0584 e. The van der Waals surface area contributed by atoms with Crippen LogP contribution in [0.3, 0.4) is 0 Å². The highest BCUT2D eigenvalue weighted by Gasteiger charge is 2.31. The minimum Gasteiger partial charge on any atom is -0.395 e. The van der Waals surface area contributed by atoms with E-state index in [1.54, 1.807) is 0 Å². The van der Waals surface area contributed by atoms with Gasteiger partial charge >= 0.3 is 0 Å². The molecule has 0 aliphatic heterocycles. The summed E-state index contributed by atoms with van der Waals surface area (Å²) in [7, 11) is 2.12. The second kappa shape index (κ2) is 6.87. The molecule has 1 aliphatic carbocycles. The highest BCUT2D eigenvalue weighted by Crippen LogP contribution is 2.36. The molecule has 0 radical (unpaired) electrons. The van der Waals surface area contributed by atoms with E-state index in [4.69, 9.17) is 0 Å². The zero-order chi connectivity index (χ0) is 12.0. The summed E-state index contributed by atoms with van der Waals surface area (Å²) in [6.07, 6.45) is 8.07. The molecule has 0 bridgehead atoms. The first-order chi connectivity index (χ1) is 7.63. The third kappa shape index (κ3) is 3.94. The molecule has 1 saturated carbocycles. The van der Waals surface area contributed by atoms with E-state index in [2.05, 4.69) is 31.5 Å². The second-order valence-corrected chi connectivity index (χ2v) is 5.84. The van der Waals surface area contributed by atoms with E-state index in [0.29, 0.717) is 5.41 Å². The maximum absolute atomic E-state index is 9.19. The van der Waals surface area contributed by atoms with E-state index in [0.717, 1.165) is 12.3 Å². The minimum absolute atomic E-state index is 0.249. The van der Waals surface area contributed by atoms with Crippen LogP contribution in [0, 0.1) is 5.41 Å². The molecule has 0 aromatic heterocycles. The van der Waals surface area contributed by atoms with Crippen LogP contribution in [0.1, 0.15) is 45.4 Å². The van der Waals surface area contributed by atoms with Crippen molar-refractivity contribution in [3.8, 4) is 0 Å². The van der Waals surface area contributed by atoms with Crippen LogP contribution in [0.2, 0.25) is 0 Å². The molecule has 0 heterocycles. The van der Waals surface area contributed by atoms with Crippen molar-refractivity contribution in [2.24, 2.45) is 5.41 Å². The lowest BCUT2D eigenvalue weighted by Gasteiger charge is -2.37. The molecule has 1 N–H and O–H groups in total. The van der Waals surface area contributed by atoms with Gasteiger partial charge < -0.3 is 10.0 Å². The molecule has 1 fully saturated rings. The lowest BCUT2D eigenvalue weighted by molar-refractivity contribution is 0.104. The number of aliphatic hydroxyl groups is 1. The first kappa shape index (κ1) is 14.3. The Morgan fingerprint density at radius 1 is 1.25 bits per heavy atom. The van der Waals surface area contributed by atoms with E-state index < -0.39 is 0 Å². The van der Waals surface area contributed by atoms with Gasteiger partial charge in [-0.25, -0.2) is 0 Å². The van der Waals surface area contributed by atoms with Crippen molar-refractivity contribution in [3.63, 3.8) is 0 Å². The molecule has 2 nitrogen and oxygen atoms in total. The van der Waals surface area contributed by atoms with Crippen molar-refractivity contribution in [2.75, 3.05) is 26.0 Å². The molecule has 0 amide bonds. The number of hydrogen-bond acceptors (Lipinski definition) is 3. The number of aliphatic hydroxyl groups excluding tert-OH is 1. The summed E-state index contributed by atoms with van der Waals surface area (Å²) in [5, 5.41) is 9.19. The van der Waals surface area contributed by atoms with E-state index in [1.807, 2.05) is 0 Å². The van der Waals surface area contributed by atoms with Gasteiger partial charge in [0.1, 0.15) is 0 Å². The van der Waals surface area contributed by atoms with Gasteiger partial charge in [0, 0.05) is 12.6 Å². The average molecular weight is 245 g/mol. The minimum atomic E-state index is 0.249. The fraction of sp³-hybridized carbons (Fsp3) is 1.00. The highest BCUT2D eigenvalue weighted by atomic mass is 32.1.